The van der Waals surface area contributed by atoms with Crippen molar-refractivity contribution in [2.75, 3.05) is 5.32 Å². The van der Waals surface area contributed by atoms with Crippen LogP contribution >= 0.6 is 15.9 Å². The zero-order chi connectivity index (χ0) is 10.6. The van der Waals surface area contributed by atoms with Gasteiger partial charge in [0.25, 0.3) is 0 Å². The molecule has 74 valence electrons. The number of amides is 2. The molecule has 0 atom stereocenters. The summed E-state index contributed by atoms with van der Waals surface area (Å²) in [6.07, 6.45) is 2.96. The maximum Gasteiger partial charge on any atom is 0.323 e. The summed E-state index contributed by atoms with van der Waals surface area (Å²) in [7, 11) is 0. The lowest BCUT2D eigenvalue weighted by atomic mass is 10.4. The van der Waals surface area contributed by atoms with Gasteiger partial charge >= 0.3 is 11.8 Å². The van der Waals surface area contributed by atoms with E-state index in [9.17, 15) is 9.59 Å². The van der Waals surface area contributed by atoms with Gasteiger partial charge in [0.15, 0.2) is 0 Å². The molecule has 0 spiro atoms. The third-order valence-electron chi connectivity index (χ3n) is 1.30. The summed E-state index contributed by atoms with van der Waals surface area (Å²) in [4.78, 5) is 25.5. The lowest BCUT2D eigenvalue weighted by molar-refractivity contribution is -0.136. The topological polar surface area (TPSA) is 97.1 Å². The quantitative estimate of drug-likeness (QED) is 0.281. The molecule has 0 aliphatic carbocycles. The van der Waals surface area contributed by atoms with Crippen LogP contribution < -0.4 is 16.6 Å². The van der Waals surface area contributed by atoms with Gasteiger partial charge in [0.2, 0.25) is 0 Å². The summed E-state index contributed by atoms with van der Waals surface area (Å²) in [5.41, 5.74) is 2.13. The standard InChI is InChI=1S/C7H7BrN4O2/c8-4-1-5(3-10-2-4)11-6(13)7(14)12-9/h1-3H,9H2,(H,11,13)(H,12,14). The van der Waals surface area contributed by atoms with Gasteiger partial charge in [-0.25, -0.2) is 5.84 Å². The Bertz CT molecular complexity index is 368. The van der Waals surface area contributed by atoms with E-state index >= 15 is 0 Å². The Labute approximate surface area is 88.0 Å². The van der Waals surface area contributed by atoms with Gasteiger partial charge in [0.05, 0.1) is 11.9 Å². The van der Waals surface area contributed by atoms with Crippen LogP contribution in [0.3, 0.4) is 0 Å². The zero-order valence-electron chi connectivity index (χ0n) is 6.95. The van der Waals surface area contributed by atoms with Crippen molar-refractivity contribution >= 4 is 33.4 Å². The first kappa shape index (κ1) is 10.6. The molecular weight excluding hydrogens is 252 g/mol. The van der Waals surface area contributed by atoms with Crippen LogP contribution in [0.5, 0.6) is 0 Å². The number of carbonyl (C=O) groups excluding carboxylic acids is 2. The molecule has 0 aliphatic heterocycles. The maximum absolute atomic E-state index is 11.0. The van der Waals surface area contributed by atoms with E-state index in [2.05, 4.69) is 26.2 Å². The summed E-state index contributed by atoms with van der Waals surface area (Å²) in [6, 6.07) is 1.61. The molecule has 1 aromatic heterocycles. The first-order chi connectivity index (χ1) is 6.63. The number of nitrogens with two attached hydrogens (primary N) is 1. The molecular formula is C7H7BrN4O2. The Morgan fingerprint density at radius 2 is 2.07 bits per heavy atom. The largest absolute Gasteiger partial charge is 0.323 e. The Hall–Kier alpha value is -1.47. The molecule has 2 amide bonds. The highest BCUT2D eigenvalue weighted by Gasteiger charge is 2.11. The first-order valence-corrected chi connectivity index (χ1v) is 4.35. The van der Waals surface area contributed by atoms with E-state index in [1.807, 2.05) is 0 Å². The second kappa shape index (κ2) is 4.68. The van der Waals surface area contributed by atoms with Crippen LogP contribution in [-0.2, 0) is 9.59 Å². The van der Waals surface area contributed by atoms with Gasteiger partial charge < -0.3 is 5.32 Å². The smallest absolute Gasteiger partial charge is 0.316 e. The van der Waals surface area contributed by atoms with E-state index in [0.29, 0.717) is 10.2 Å². The molecule has 1 rings (SSSR count). The second-order valence-corrected chi connectivity index (χ2v) is 3.24. The summed E-state index contributed by atoms with van der Waals surface area (Å²) >= 11 is 3.17. The molecule has 0 saturated heterocycles. The number of anilines is 1. The summed E-state index contributed by atoms with van der Waals surface area (Å²) in [5.74, 6) is 3.02. The predicted octanol–water partition coefficient (Wildman–Crippen LogP) is -0.228. The fourth-order valence-corrected chi connectivity index (χ4v) is 1.10. The van der Waals surface area contributed by atoms with E-state index in [1.54, 1.807) is 17.7 Å². The van der Waals surface area contributed by atoms with Crippen molar-refractivity contribution in [2.45, 2.75) is 0 Å². The molecule has 0 aromatic carbocycles. The van der Waals surface area contributed by atoms with Gasteiger partial charge in [-0.15, -0.1) is 0 Å². The van der Waals surface area contributed by atoms with Gasteiger partial charge in [-0.05, 0) is 22.0 Å². The van der Waals surface area contributed by atoms with Crippen LogP contribution in [0.1, 0.15) is 0 Å². The number of pyridine rings is 1. The minimum absolute atomic E-state index is 0.410. The van der Waals surface area contributed by atoms with Crippen LogP contribution in [0, 0.1) is 0 Å². The molecule has 1 aromatic rings. The van der Waals surface area contributed by atoms with Gasteiger partial charge in [-0.3, -0.25) is 20.0 Å². The second-order valence-electron chi connectivity index (χ2n) is 2.32. The molecule has 0 radical (unpaired) electrons. The van der Waals surface area contributed by atoms with Crippen molar-refractivity contribution in [3.63, 3.8) is 0 Å². The number of nitrogens with one attached hydrogen (secondary N) is 2. The van der Waals surface area contributed by atoms with Crippen molar-refractivity contribution in [1.29, 1.82) is 0 Å². The van der Waals surface area contributed by atoms with Gasteiger partial charge in [0, 0.05) is 10.7 Å². The number of hydrogen-bond donors (Lipinski definition) is 3. The lowest BCUT2D eigenvalue weighted by Crippen LogP contribution is -2.39. The monoisotopic (exact) mass is 258 g/mol. The minimum Gasteiger partial charge on any atom is -0.316 e. The number of hydrazine groups is 1. The molecule has 6 nitrogen and oxygen atoms in total. The number of hydrogen-bond acceptors (Lipinski definition) is 4. The minimum atomic E-state index is -0.912. The highest BCUT2D eigenvalue weighted by Crippen LogP contribution is 2.13. The van der Waals surface area contributed by atoms with E-state index in [0.717, 1.165) is 0 Å². The first-order valence-electron chi connectivity index (χ1n) is 3.56. The fourth-order valence-electron chi connectivity index (χ4n) is 0.734. The van der Waals surface area contributed by atoms with Crippen molar-refractivity contribution in [1.82, 2.24) is 10.4 Å². The Balaban J connectivity index is 2.70. The van der Waals surface area contributed by atoms with E-state index in [-0.39, 0.29) is 0 Å². The average molecular weight is 259 g/mol. The van der Waals surface area contributed by atoms with Crippen molar-refractivity contribution in [2.24, 2.45) is 5.84 Å². The van der Waals surface area contributed by atoms with E-state index in [4.69, 9.17) is 5.84 Å². The highest BCUT2D eigenvalue weighted by molar-refractivity contribution is 9.10. The van der Waals surface area contributed by atoms with Crippen LogP contribution in [0.2, 0.25) is 0 Å². The summed E-state index contributed by atoms with van der Waals surface area (Å²) in [6.45, 7) is 0. The molecule has 0 aliphatic rings. The zero-order valence-corrected chi connectivity index (χ0v) is 8.54. The van der Waals surface area contributed by atoms with E-state index < -0.39 is 11.8 Å². The molecule has 0 fully saturated rings. The van der Waals surface area contributed by atoms with Crippen molar-refractivity contribution < 1.29 is 9.59 Å². The number of rotatable bonds is 1. The molecule has 1 heterocycles. The number of aromatic nitrogens is 1. The van der Waals surface area contributed by atoms with E-state index in [1.165, 1.54) is 6.20 Å². The fraction of sp³-hybridized carbons (Fsp3) is 0. The molecule has 0 unspecified atom stereocenters. The predicted molar refractivity (Wildman–Crippen MR) is 52.9 cm³/mol. The van der Waals surface area contributed by atoms with Crippen LogP contribution in [0.25, 0.3) is 0 Å². The molecule has 7 heteroatoms. The van der Waals surface area contributed by atoms with Crippen molar-refractivity contribution in [3.05, 3.63) is 22.9 Å². The SMILES string of the molecule is NNC(=O)C(=O)Nc1cncc(Br)c1. The van der Waals surface area contributed by atoms with Gasteiger partial charge in [-0.1, -0.05) is 0 Å². The summed E-state index contributed by atoms with van der Waals surface area (Å²) < 4.78 is 0.698. The van der Waals surface area contributed by atoms with Crippen LogP contribution in [-0.4, -0.2) is 16.8 Å². The lowest BCUT2D eigenvalue weighted by Gasteiger charge is -2.02. The molecule has 0 bridgehead atoms. The van der Waals surface area contributed by atoms with Gasteiger partial charge in [0.1, 0.15) is 0 Å². The third kappa shape index (κ3) is 2.79. The highest BCUT2D eigenvalue weighted by atomic mass is 79.9. The summed E-state index contributed by atoms with van der Waals surface area (Å²) in [5, 5.41) is 2.31. The Morgan fingerprint density at radius 3 is 2.64 bits per heavy atom. The third-order valence-corrected chi connectivity index (χ3v) is 1.73. The number of nitrogens with zero attached hydrogens (tertiary/aromatic N) is 1. The molecule has 0 saturated carbocycles. The van der Waals surface area contributed by atoms with Crippen LogP contribution in [0.4, 0.5) is 5.69 Å². The van der Waals surface area contributed by atoms with Gasteiger partial charge in [-0.2, -0.15) is 0 Å². The Kier molecular flexibility index (Phi) is 3.55. The normalized spacial score (nSPS) is 9.29. The maximum atomic E-state index is 11.0. The Morgan fingerprint density at radius 1 is 1.36 bits per heavy atom. The average Bonchev–Trinajstić information content (AvgIpc) is 2.16. The molecule has 4 N–H and O–H groups in total. The van der Waals surface area contributed by atoms with Crippen LogP contribution in [0.15, 0.2) is 22.9 Å². The molecule has 14 heavy (non-hydrogen) atoms. The number of halogens is 1. The number of carbonyl (C=O) groups is 2. The van der Waals surface area contributed by atoms with Crippen molar-refractivity contribution in [3.8, 4) is 0 Å².